The Labute approximate surface area is 118 Å². The molecule has 2 aromatic heterocycles. The lowest BCUT2D eigenvalue weighted by Crippen LogP contribution is -2.29. The maximum Gasteiger partial charge on any atom is 0.248 e. The molecular formula is C16H19N3O. The van der Waals surface area contributed by atoms with E-state index in [1.807, 2.05) is 30.6 Å². The number of nitrogens with zero attached hydrogens (tertiary/aromatic N) is 1. The number of pyridine rings is 2. The summed E-state index contributed by atoms with van der Waals surface area (Å²) in [5, 5.41) is 3.66. The molecule has 4 heteroatoms. The van der Waals surface area contributed by atoms with Gasteiger partial charge in [0.2, 0.25) is 5.56 Å². The molecule has 0 aliphatic heterocycles. The predicted molar refractivity (Wildman–Crippen MR) is 78.5 cm³/mol. The smallest absolute Gasteiger partial charge is 0.248 e. The first-order chi connectivity index (χ1) is 9.74. The van der Waals surface area contributed by atoms with Crippen LogP contribution >= 0.6 is 0 Å². The minimum atomic E-state index is -0.00779. The van der Waals surface area contributed by atoms with E-state index in [2.05, 4.69) is 22.2 Å². The summed E-state index contributed by atoms with van der Waals surface area (Å²) >= 11 is 0. The number of fused-ring (bicyclic) bond motifs is 1. The number of hydrogen-bond donors (Lipinski definition) is 2. The summed E-state index contributed by atoms with van der Waals surface area (Å²) in [6.45, 7) is 2.16. The summed E-state index contributed by atoms with van der Waals surface area (Å²) in [6.07, 6.45) is 6.81. The van der Waals surface area contributed by atoms with E-state index in [9.17, 15) is 4.79 Å². The van der Waals surface area contributed by atoms with Gasteiger partial charge in [-0.3, -0.25) is 9.78 Å². The molecule has 0 spiro atoms. The largest absolute Gasteiger partial charge is 0.326 e. The van der Waals surface area contributed by atoms with Gasteiger partial charge in [-0.05, 0) is 49.4 Å². The number of nitrogens with one attached hydrogen (secondary N) is 2. The summed E-state index contributed by atoms with van der Waals surface area (Å²) < 4.78 is 0. The van der Waals surface area contributed by atoms with E-state index in [0.29, 0.717) is 6.04 Å². The Morgan fingerprint density at radius 2 is 2.10 bits per heavy atom. The molecule has 2 atom stereocenters. The molecule has 1 aliphatic rings. The van der Waals surface area contributed by atoms with Gasteiger partial charge in [0.25, 0.3) is 0 Å². The Kier molecular flexibility index (Phi) is 3.65. The first-order valence-electron chi connectivity index (χ1n) is 7.12. The first kappa shape index (κ1) is 13.1. The number of H-pyrrole nitrogens is 1. The third-order valence-electron chi connectivity index (χ3n) is 3.99. The van der Waals surface area contributed by atoms with Gasteiger partial charge in [-0.1, -0.05) is 6.07 Å². The van der Waals surface area contributed by atoms with Crippen molar-refractivity contribution in [1.29, 1.82) is 0 Å². The second kappa shape index (κ2) is 5.59. The van der Waals surface area contributed by atoms with E-state index in [0.717, 1.165) is 25.0 Å². The van der Waals surface area contributed by atoms with Crippen molar-refractivity contribution in [3.05, 3.63) is 63.8 Å². The van der Waals surface area contributed by atoms with Crippen LogP contribution in [-0.4, -0.2) is 9.97 Å². The lowest BCUT2D eigenvalue weighted by Gasteiger charge is -2.29. The van der Waals surface area contributed by atoms with Gasteiger partial charge in [0.05, 0.1) is 0 Å². The molecule has 2 aromatic rings. The van der Waals surface area contributed by atoms with Crippen molar-refractivity contribution in [2.75, 3.05) is 0 Å². The van der Waals surface area contributed by atoms with Crippen molar-refractivity contribution in [2.45, 2.75) is 38.3 Å². The molecule has 0 saturated carbocycles. The molecule has 3 rings (SSSR count). The maximum absolute atomic E-state index is 11.4. The molecule has 0 bridgehead atoms. The maximum atomic E-state index is 11.4. The monoisotopic (exact) mass is 269 g/mol. The highest BCUT2D eigenvalue weighted by Crippen LogP contribution is 2.29. The van der Waals surface area contributed by atoms with Gasteiger partial charge in [0.1, 0.15) is 0 Å². The van der Waals surface area contributed by atoms with E-state index < -0.39 is 0 Å². The average molecular weight is 269 g/mol. The number of aromatic amines is 1. The zero-order valence-corrected chi connectivity index (χ0v) is 11.6. The topological polar surface area (TPSA) is 57.8 Å². The van der Waals surface area contributed by atoms with E-state index in [-0.39, 0.29) is 11.6 Å². The van der Waals surface area contributed by atoms with Gasteiger partial charge in [-0.25, -0.2) is 0 Å². The van der Waals surface area contributed by atoms with Crippen molar-refractivity contribution in [1.82, 2.24) is 15.3 Å². The SMILES string of the molecule is C[C@@H](NC1CCCc2[nH]c(=O)ccc21)c1ccncc1. The van der Waals surface area contributed by atoms with Crippen LogP contribution < -0.4 is 10.9 Å². The van der Waals surface area contributed by atoms with Crippen molar-refractivity contribution in [3.8, 4) is 0 Å². The van der Waals surface area contributed by atoms with Crippen LogP contribution in [0.4, 0.5) is 0 Å². The van der Waals surface area contributed by atoms with Gasteiger partial charge in [0.15, 0.2) is 0 Å². The predicted octanol–water partition coefficient (Wildman–Crippen LogP) is 2.50. The number of hydrogen-bond acceptors (Lipinski definition) is 3. The van der Waals surface area contributed by atoms with Gasteiger partial charge in [-0.15, -0.1) is 0 Å². The molecule has 104 valence electrons. The Bertz CT molecular complexity index is 636. The van der Waals surface area contributed by atoms with Gasteiger partial charge < -0.3 is 10.3 Å². The lowest BCUT2D eigenvalue weighted by atomic mass is 9.90. The molecule has 0 radical (unpaired) electrons. The normalized spacial score (nSPS) is 19.4. The molecule has 1 unspecified atom stereocenters. The molecule has 0 aromatic carbocycles. The van der Waals surface area contributed by atoms with Crippen LogP contribution in [0, 0.1) is 0 Å². The summed E-state index contributed by atoms with van der Waals surface area (Å²) in [5.41, 5.74) is 3.54. The van der Waals surface area contributed by atoms with Gasteiger partial charge >= 0.3 is 0 Å². The highest BCUT2D eigenvalue weighted by atomic mass is 16.1. The van der Waals surface area contributed by atoms with Crippen molar-refractivity contribution >= 4 is 0 Å². The van der Waals surface area contributed by atoms with Crippen LogP contribution in [0.2, 0.25) is 0 Å². The molecule has 4 nitrogen and oxygen atoms in total. The minimum Gasteiger partial charge on any atom is -0.326 e. The van der Waals surface area contributed by atoms with Crippen molar-refractivity contribution in [2.24, 2.45) is 0 Å². The summed E-state index contributed by atoms with van der Waals surface area (Å²) in [5.74, 6) is 0. The fourth-order valence-corrected chi connectivity index (χ4v) is 2.92. The van der Waals surface area contributed by atoms with Crippen LogP contribution in [-0.2, 0) is 6.42 Å². The summed E-state index contributed by atoms with van der Waals surface area (Å²) in [6, 6.07) is 8.22. The highest BCUT2D eigenvalue weighted by Gasteiger charge is 2.22. The van der Waals surface area contributed by atoms with Crippen LogP contribution in [0.15, 0.2) is 41.5 Å². The van der Waals surface area contributed by atoms with Crippen LogP contribution in [0.25, 0.3) is 0 Å². The third-order valence-corrected chi connectivity index (χ3v) is 3.99. The van der Waals surface area contributed by atoms with Crippen LogP contribution in [0.5, 0.6) is 0 Å². The third kappa shape index (κ3) is 2.65. The molecule has 0 amide bonds. The molecule has 2 heterocycles. The second-order valence-corrected chi connectivity index (χ2v) is 5.37. The minimum absolute atomic E-state index is 0.00779. The molecule has 20 heavy (non-hydrogen) atoms. The van der Waals surface area contributed by atoms with E-state index in [1.165, 1.54) is 11.1 Å². The molecule has 0 saturated heterocycles. The molecule has 0 fully saturated rings. The van der Waals surface area contributed by atoms with E-state index in [4.69, 9.17) is 0 Å². The quantitative estimate of drug-likeness (QED) is 0.900. The zero-order chi connectivity index (χ0) is 13.9. The zero-order valence-electron chi connectivity index (χ0n) is 11.6. The summed E-state index contributed by atoms with van der Waals surface area (Å²) in [7, 11) is 0. The van der Waals surface area contributed by atoms with Crippen molar-refractivity contribution < 1.29 is 0 Å². The standard InChI is InChI=1S/C16H19N3O/c1-11(12-7-9-17-10-8-12)18-14-3-2-4-15-13(14)5-6-16(20)19-15/h5-11,14,18H,2-4H2,1H3,(H,19,20)/t11-,14?/m1/s1. The summed E-state index contributed by atoms with van der Waals surface area (Å²) in [4.78, 5) is 18.4. The van der Waals surface area contributed by atoms with E-state index in [1.54, 1.807) is 6.07 Å². The van der Waals surface area contributed by atoms with Gasteiger partial charge in [0, 0.05) is 36.2 Å². The lowest BCUT2D eigenvalue weighted by molar-refractivity contribution is 0.411. The highest BCUT2D eigenvalue weighted by molar-refractivity contribution is 5.27. The number of rotatable bonds is 3. The van der Waals surface area contributed by atoms with Gasteiger partial charge in [-0.2, -0.15) is 0 Å². The Morgan fingerprint density at radius 3 is 2.90 bits per heavy atom. The Morgan fingerprint density at radius 1 is 1.30 bits per heavy atom. The first-order valence-corrected chi connectivity index (χ1v) is 7.12. The van der Waals surface area contributed by atoms with Crippen LogP contribution in [0.1, 0.15) is 48.7 Å². The Balaban J connectivity index is 1.81. The molecular weight excluding hydrogens is 250 g/mol. The second-order valence-electron chi connectivity index (χ2n) is 5.37. The average Bonchev–Trinajstić information content (AvgIpc) is 2.48. The fraction of sp³-hybridized carbons (Fsp3) is 0.375. The van der Waals surface area contributed by atoms with Crippen molar-refractivity contribution in [3.63, 3.8) is 0 Å². The molecule has 2 N–H and O–H groups in total. The van der Waals surface area contributed by atoms with E-state index >= 15 is 0 Å². The van der Waals surface area contributed by atoms with Crippen LogP contribution in [0.3, 0.4) is 0 Å². The number of aryl methyl sites for hydroxylation is 1. The molecule has 1 aliphatic carbocycles. The fourth-order valence-electron chi connectivity index (χ4n) is 2.92. The number of aromatic nitrogens is 2. The Hall–Kier alpha value is -1.94.